The van der Waals surface area contributed by atoms with Gasteiger partial charge < -0.3 is 14.4 Å². The van der Waals surface area contributed by atoms with E-state index >= 15 is 0 Å². The van der Waals surface area contributed by atoms with Crippen LogP contribution in [0.15, 0.2) is 24.3 Å². The van der Waals surface area contributed by atoms with Crippen LogP contribution in [0.3, 0.4) is 0 Å². The summed E-state index contributed by atoms with van der Waals surface area (Å²) in [5, 5.41) is 0. The number of ether oxygens (including phenoxy) is 2. The lowest BCUT2D eigenvalue weighted by Crippen LogP contribution is -2.47. The lowest BCUT2D eigenvalue weighted by Gasteiger charge is -2.36. The van der Waals surface area contributed by atoms with Crippen molar-refractivity contribution in [3.05, 3.63) is 24.3 Å². The van der Waals surface area contributed by atoms with E-state index in [4.69, 9.17) is 9.47 Å². The molecule has 0 N–H and O–H groups in total. The summed E-state index contributed by atoms with van der Waals surface area (Å²) in [4.78, 5) is 14.4. The maximum atomic E-state index is 12.6. The van der Waals surface area contributed by atoms with Gasteiger partial charge in [-0.25, -0.2) is 0 Å². The number of hydrogen-bond acceptors (Lipinski definition) is 3. The molecule has 1 fully saturated rings. The van der Waals surface area contributed by atoms with Gasteiger partial charge in [0.15, 0.2) is 0 Å². The normalized spacial score (nSPS) is 26.6. The Hall–Kier alpha value is -1.55. The number of benzene rings is 1. The van der Waals surface area contributed by atoms with Crippen LogP contribution in [0, 0.1) is 5.92 Å². The number of carbonyl (C=O) groups is 1. The summed E-state index contributed by atoms with van der Waals surface area (Å²) < 4.78 is 11.0. The predicted octanol–water partition coefficient (Wildman–Crippen LogP) is 1.84. The third-order valence-corrected chi connectivity index (χ3v) is 3.56. The minimum absolute atomic E-state index is 0.00129. The van der Waals surface area contributed by atoms with Gasteiger partial charge in [-0.05, 0) is 25.5 Å². The van der Waals surface area contributed by atoms with Gasteiger partial charge in [0.2, 0.25) is 5.91 Å². The van der Waals surface area contributed by atoms with E-state index in [1.165, 1.54) is 0 Å². The van der Waals surface area contributed by atoms with E-state index in [1.807, 2.05) is 36.1 Å². The summed E-state index contributed by atoms with van der Waals surface area (Å²) in [5.74, 6) is 0.956. The standard InChI is InChI=1S/C14H17NO3/c1-10-8-18-13-5-3-2-4-12(13)15(10)14(16)11-6-7-17-9-11/h2-5,10-11H,6-9H2,1H3. The Morgan fingerprint density at radius 3 is 2.94 bits per heavy atom. The van der Waals surface area contributed by atoms with Gasteiger partial charge in [-0.1, -0.05) is 12.1 Å². The average molecular weight is 247 g/mol. The average Bonchev–Trinajstić information content (AvgIpc) is 2.92. The SMILES string of the molecule is CC1COc2ccccc2N1C(=O)C1CCOC1. The van der Waals surface area contributed by atoms with Crippen molar-refractivity contribution in [2.45, 2.75) is 19.4 Å². The molecule has 2 atom stereocenters. The molecule has 0 radical (unpaired) electrons. The molecule has 1 aromatic carbocycles. The van der Waals surface area contributed by atoms with E-state index in [9.17, 15) is 4.79 Å². The van der Waals surface area contributed by atoms with Gasteiger partial charge in [-0.15, -0.1) is 0 Å². The maximum Gasteiger partial charge on any atom is 0.232 e. The Kier molecular flexibility index (Phi) is 2.96. The zero-order valence-corrected chi connectivity index (χ0v) is 10.5. The van der Waals surface area contributed by atoms with Gasteiger partial charge in [-0.3, -0.25) is 4.79 Å². The first-order valence-corrected chi connectivity index (χ1v) is 6.40. The number of para-hydroxylation sites is 2. The van der Waals surface area contributed by atoms with Gasteiger partial charge in [0.1, 0.15) is 12.4 Å². The Labute approximate surface area is 106 Å². The Bertz CT molecular complexity index is 454. The second-order valence-corrected chi connectivity index (χ2v) is 4.90. The number of fused-ring (bicyclic) bond motifs is 1. The van der Waals surface area contributed by atoms with Crippen molar-refractivity contribution in [2.75, 3.05) is 24.7 Å². The maximum absolute atomic E-state index is 12.6. The van der Waals surface area contributed by atoms with Crippen LogP contribution < -0.4 is 9.64 Å². The molecule has 0 saturated carbocycles. The van der Waals surface area contributed by atoms with E-state index in [0.29, 0.717) is 19.8 Å². The number of nitrogens with zero attached hydrogens (tertiary/aromatic N) is 1. The molecule has 1 amide bonds. The quantitative estimate of drug-likeness (QED) is 0.760. The summed E-state index contributed by atoms with van der Waals surface area (Å²) in [6.07, 6.45) is 0.824. The molecule has 2 unspecified atom stereocenters. The van der Waals surface area contributed by atoms with Crippen LogP contribution in [0.5, 0.6) is 5.75 Å². The lowest BCUT2D eigenvalue weighted by molar-refractivity contribution is -0.123. The van der Waals surface area contributed by atoms with Crippen molar-refractivity contribution in [1.29, 1.82) is 0 Å². The van der Waals surface area contributed by atoms with Crippen LogP contribution >= 0.6 is 0 Å². The van der Waals surface area contributed by atoms with E-state index in [2.05, 4.69) is 0 Å². The summed E-state index contributed by atoms with van der Waals surface area (Å²) in [5.41, 5.74) is 0.883. The third-order valence-electron chi connectivity index (χ3n) is 3.56. The van der Waals surface area contributed by atoms with Gasteiger partial charge in [0.25, 0.3) is 0 Å². The molecule has 0 spiro atoms. The molecule has 96 valence electrons. The summed E-state index contributed by atoms with van der Waals surface area (Å²) in [6, 6.07) is 7.79. The highest BCUT2D eigenvalue weighted by molar-refractivity contribution is 5.97. The Balaban J connectivity index is 1.92. The molecule has 2 aliphatic rings. The van der Waals surface area contributed by atoms with Crippen LogP contribution in [0.1, 0.15) is 13.3 Å². The van der Waals surface area contributed by atoms with Gasteiger partial charge in [0, 0.05) is 6.61 Å². The van der Waals surface area contributed by atoms with E-state index in [0.717, 1.165) is 17.9 Å². The highest BCUT2D eigenvalue weighted by Gasteiger charge is 2.35. The first-order valence-electron chi connectivity index (χ1n) is 6.40. The topological polar surface area (TPSA) is 38.8 Å². The molecule has 0 bridgehead atoms. The first kappa shape index (κ1) is 11.5. The van der Waals surface area contributed by atoms with Crippen molar-refractivity contribution in [3.8, 4) is 5.75 Å². The van der Waals surface area contributed by atoms with Crippen LogP contribution in [-0.2, 0) is 9.53 Å². The molecule has 18 heavy (non-hydrogen) atoms. The smallest absolute Gasteiger partial charge is 0.232 e. The third kappa shape index (κ3) is 1.86. The molecule has 4 nitrogen and oxygen atoms in total. The number of carbonyl (C=O) groups excluding carboxylic acids is 1. The van der Waals surface area contributed by atoms with Crippen molar-refractivity contribution in [1.82, 2.24) is 0 Å². The van der Waals surface area contributed by atoms with Crippen LogP contribution in [0.2, 0.25) is 0 Å². The molecular formula is C14H17NO3. The first-order chi connectivity index (χ1) is 8.77. The van der Waals surface area contributed by atoms with Gasteiger partial charge in [-0.2, -0.15) is 0 Å². The van der Waals surface area contributed by atoms with Crippen molar-refractivity contribution >= 4 is 11.6 Å². The molecule has 1 aromatic rings. The monoisotopic (exact) mass is 247 g/mol. The minimum Gasteiger partial charge on any atom is -0.489 e. The van der Waals surface area contributed by atoms with Gasteiger partial charge in [0.05, 0.1) is 24.3 Å². The van der Waals surface area contributed by atoms with Crippen molar-refractivity contribution in [2.24, 2.45) is 5.92 Å². The van der Waals surface area contributed by atoms with Gasteiger partial charge >= 0.3 is 0 Å². The highest BCUT2D eigenvalue weighted by atomic mass is 16.5. The number of hydrogen-bond donors (Lipinski definition) is 0. The minimum atomic E-state index is -0.00129. The second-order valence-electron chi connectivity index (χ2n) is 4.90. The van der Waals surface area contributed by atoms with E-state index in [1.54, 1.807) is 0 Å². The predicted molar refractivity (Wildman–Crippen MR) is 67.8 cm³/mol. The van der Waals surface area contributed by atoms with E-state index < -0.39 is 0 Å². The molecule has 2 heterocycles. The van der Waals surface area contributed by atoms with Crippen molar-refractivity contribution in [3.63, 3.8) is 0 Å². The number of anilines is 1. The largest absolute Gasteiger partial charge is 0.489 e. The molecular weight excluding hydrogens is 230 g/mol. The van der Waals surface area contributed by atoms with Crippen LogP contribution in [-0.4, -0.2) is 31.8 Å². The second kappa shape index (κ2) is 4.61. The zero-order valence-electron chi connectivity index (χ0n) is 10.5. The van der Waals surface area contributed by atoms with Crippen LogP contribution in [0.4, 0.5) is 5.69 Å². The van der Waals surface area contributed by atoms with Crippen molar-refractivity contribution < 1.29 is 14.3 Å². The molecule has 0 aromatic heterocycles. The summed E-state index contributed by atoms with van der Waals surface area (Å²) >= 11 is 0. The van der Waals surface area contributed by atoms with E-state index in [-0.39, 0.29) is 17.9 Å². The summed E-state index contributed by atoms with van der Waals surface area (Å²) in [6.45, 7) is 3.81. The molecule has 2 aliphatic heterocycles. The Morgan fingerprint density at radius 1 is 1.33 bits per heavy atom. The molecule has 1 saturated heterocycles. The fourth-order valence-corrected chi connectivity index (χ4v) is 2.56. The molecule has 4 heteroatoms. The molecule has 3 rings (SSSR count). The number of amides is 1. The molecule has 0 aliphatic carbocycles. The highest BCUT2D eigenvalue weighted by Crippen LogP contribution is 2.35. The lowest BCUT2D eigenvalue weighted by atomic mass is 10.0. The van der Waals surface area contributed by atoms with Crippen LogP contribution in [0.25, 0.3) is 0 Å². The Morgan fingerprint density at radius 2 is 2.17 bits per heavy atom. The number of rotatable bonds is 1. The zero-order chi connectivity index (χ0) is 12.5. The fourth-order valence-electron chi connectivity index (χ4n) is 2.56. The summed E-state index contributed by atoms with van der Waals surface area (Å²) in [7, 11) is 0. The fraction of sp³-hybridized carbons (Fsp3) is 0.500.